The molecule has 0 amide bonds. The van der Waals surface area contributed by atoms with E-state index in [1.165, 1.54) is 22.9 Å². The zero-order valence-electron chi connectivity index (χ0n) is 22.1. The molecule has 3 aromatic heterocycles. The first-order chi connectivity index (χ1) is 18.7. The Morgan fingerprint density at radius 1 is 1.15 bits per heavy atom. The number of halogens is 1. The maximum absolute atomic E-state index is 13.2. The number of hydrogen-bond acceptors (Lipinski definition) is 9. The highest BCUT2D eigenvalue weighted by Gasteiger charge is 2.50. The smallest absolute Gasteiger partial charge is 0.212 e. The number of fused-ring (bicyclic) bond motifs is 2. The molecule has 0 unspecified atom stereocenters. The summed E-state index contributed by atoms with van der Waals surface area (Å²) in [6, 6.07) is 10.5. The summed E-state index contributed by atoms with van der Waals surface area (Å²) in [4.78, 5) is 12.8. The summed E-state index contributed by atoms with van der Waals surface area (Å²) in [7, 11) is 0. The third kappa shape index (κ3) is 4.84. The van der Waals surface area contributed by atoms with Crippen LogP contribution in [-0.4, -0.2) is 47.0 Å². The molecule has 1 aromatic carbocycles. The summed E-state index contributed by atoms with van der Waals surface area (Å²) in [6.07, 6.45) is 8.05. The number of rotatable bonds is 5. The van der Waals surface area contributed by atoms with Crippen LogP contribution in [0.4, 0.5) is 11.8 Å². The number of hydrogen-bond donors (Lipinski definition) is 2. The number of piperidine rings is 1. The highest BCUT2D eigenvalue weighted by molar-refractivity contribution is 7.99. The van der Waals surface area contributed by atoms with E-state index in [0.717, 1.165) is 48.1 Å². The topological polar surface area (TPSA) is 120 Å². The molecule has 1 saturated heterocycles. The number of benzene rings is 1. The Kier molecular flexibility index (Phi) is 6.91. The van der Waals surface area contributed by atoms with Gasteiger partial charge in [0, 0.05) is 47.2 Å². The van der Waals surface area contributed by atoms with Crippen LogP contribution >= 0.6 is 23.4 Å². The first-order valence-electron chi connectivity index (χ1n) is 12.9. The molecule has 1 fully saturated rings. The van der Waals surface area contributed by atoms with Crippen molar-refractivity contribution in [1.29, 1.82) is 0 Å². The Balaban J connectivity index is 1.25. The summed E-state index contributed by atoms with van der Waals surface area (Å²) in [5.74, 6) is 1.10. The van der Waals surface area contributed by atoms with Crippen molar-refractivity contribution in [1.82, 2.24) is 29.3 Å². The quantitative estimate of drug-likeness (QED) is 0.318. The van der Waals surface area contributed by atoms with Gasteiger partial charge in [-0.05, 0) is 57.2 Å². The number of nitrogens with one attached hydrogen (secondary N) is 1. The molecule has 1 aliphatic carbocycles. The van der Waals surface area contributed by atoms with Crippen LogP contribution in [0.2, 0.25) is 5.02 Å². The maximum atomic E-state index is 13.2. The fourth-order valence-electron chi connectivity index (χ4n) is 5.61. The minimum atomic E-state index is -1.16. The van der Waals surface area contributed by atoms with Crippen LogP contribution in [0.5, 0.6) is 0 Å². The average Bonchev–Trinajstić information content (AvgIpc) is 3.51. The summed E-state index contributed by atoms with van der Waals surface area (Å²) in [5, 5.41) is 8.98. The minimum Gasteiger partial charge on any atom is -0.598 e. The Hall–Kier alpha value is -2.57. The first kappa shape index (κ1) is 26.6. The Labute approximate surface area is 240 Å². The fourth-order valence-corrected chi connectivity index (χ4v) is 7.68. The molecule has 12 heteroatoms. The lowest BCUT2D eigenvalue weighted by Crippen LogP contribution is -2.50. The van der Waals surface area contributed by atoms with Gasteiger partial charge < -0.3 is 15.2 Å². The third-order valence-corrected chi connectivity index (χ3v) is 10.9. The number of anilines is 2. The van der Waals surface area contributed by atoms with Gasteiger partial charge in [-0.1, -0.05) is 47.6 Å². The molecule has 2 atom stereocenters. The van der Waals surface area contributed by atoms with E-state index in [0.29, 0.717) is 16.5 Å². The molecule has 9 nitrogen and oxygen atoms in total. The van der Waals surface area contributed by atoms with Gasteiger partial charge in [-0.25, -0.2) is 14.4 Å². The molecule has 204 valence electrons. The summed E-state index contributed by atoms with van der Waals surface area (Å²) >= 11 is 6.66. The molecule has 2 aliphatic rings. The van der Waals surface area contributed by atoms with Crippen LogP contribution in [0, 0.1) is 5.41 Å². The molecule has 4 aromatic rings. The molecule has 0 radical (unpaired) electrons. The van der Waals surface area contributed by atoms with Crippen molar-refractivity contribution in [3.05, 3.63) is 65.2 Å². The standard InChI is InChI=1S/C27H31ClN8OS2/c1-26(2,3)39(37)34-22-18-7-5-4-6-17(18)14-27(22)9-12-35(13-10-27)25-31-15-20(24-33-32-16-36(24)25)38-19-8-11-30-23(29)21(19)28/h4-8,11,15-16,22,34H,9-10,12-14H2,1-3H3,(H2,29,30)/t22-,39-/m1/s1. The van der Waals surface area contributed by atoms with Gasteiger partial charge in [0.25, 0.3) is 0 Å². The van der Waals surface area contributed by atoms with Crippen molar-refractivity contribution in [2.75, 3.05) is 23.7 Å². The summed E-state index contributed by atoms with van der Waals surface area (Å²) in [5.41, 5.74) is 9.23. The lowest BCUT2D eigenvalue weighted by atomic mass is 9.73. The van der Waals surface area contributed by atoms with Crippen LogP contribution in [0.3, 0.4) is 0 Å². The van der Waals surface area contributed by atoms with Crippen molar-refractivity contribution in [3.8, 4) is 0 Å². The van der Waals surface area contributed by atoms with Crippen molar-refractivity contribution < 1.29 is 4.55 Å². The molecule has 3 N–H and O–H groups in total. The highest BCUT2D eigenvalue weighted by atomic mass is 35.5. The van der Waals surface area contributed by atoms with Crippen molar-refractivity contribution in [2.24, 2.45) is 5.41 Å². The van der Waals surface area contributed by atoms with Gasteiger partial charge in [-0.15, -0.1) is 14.9 Å². The lowest BCUT2D eigenvalue weighted by Gasteiger charge is -2.44. The monoisotopic (exact) mass is 582 g/mol. The average molecular weight is 583 g/mol. The molecule has 39 heavy (non-hydrogen) atoms. The minimum absolute atomic E-state index is 0.00121. The lowest BCUT2D eigenvalue weighted by molar-refractivity contribution is 0.175. The number of nitrogen functional groups attached to an aromatic ring is 1. The second kappa shape index (κ2) is 10.1. The van der Waals surface area contributed by atoms with Crippen molar-refractivity contribution in [2.45, 2.75) is 60.6 Å². The van der Waals surface area contributed by atoms with E-state index in [-0.39, 0.29) is 16.2 Å². The predicted octanol–water partition coefficient (Wildman–Crippen LogP) is 4.84. The van der Waals surface area contributed by atoms with E-state index in [4.69, 9.17) is 22.3 Å². The number of aromatic nitrogens is 5. The van der Waals surface area contributed by atoms with E-state index >= 15 is 0 Å². The second-order valence-electron chi connectivity index (χ2n) is 11.2. The number of pyridine rings is 1. The predicted molar refractivity (Wildman–Crippen MR) is 156 cm³/mol. The van der Waals surface area contributed by atoms with Crippen LogP contribution in [0.15, 0.2) is 58.8 Å². The second-order valence-corrected chi connectivity index (χ2v) is 14.7. The van der Waals surface area contributed by atoms with E-state index in [1.807, 2.05) is 37.4 Å². The molecule has 1 spiro atoms. The zero-order valence-corrected chi connectivity index (χ0v) is 24.5. The Bertz CT molecular complexity index is 1520. The molecule has 4 heterocycles. The first-order valence-corrected chi connectivity index (χ1v) is 15.3. The van der Waals surface area contributed by atoms with Gasteiger partial charge in [-0.2, -0.15) is 0 Å². The molecule has 1 aliphatic heterocycles. The Morgan fingerprint density at radius 2 is 1.92 bits per heavy atom. The molecule has 0 saturated carbocycles. The largest absolute Gasteiger partial charge is 0.598 e. The van der Waals surface area contributed by atoms with Crippen molar-refractivity contribution >= 4 is 52.1 Å². The van der Waals surface area contributed by atoms with Crippen LogP contribution < -0.4 is 15.4 Å². The highest BCUT2D eigenvalue weighted by Crippen LogP contribution is 2.53. The van der Waals surface area contributed by atoms with E-state index in [9.17, 15) is 4.55 Å². The van der Waals surface area contributed by atoms with Gasteiger partial charge in [0.05, 0.1) is 16.0 Å². The Morgan fingerprint density at radius 3 is 2.69 bits per heavy atom. The van der Waals surface area contributed by atoms with Crippen LogP contribution in [0.1, 0.15) is 50.8 Å². The fraction of sp³-hybridized carbons (Fsp3) is 0.407. The van der Waals surface area contributed by atoms with Gasteiger partial charge in [-0.3, -0.25) is 0 Å². The maximum Gasteiger partial charge on any atom is 0.212 e. The van der Waals surface area contributed by atoms with E-state index in [2.05, 4.69) is 49.1 Å². The van der Waals surface area contributed by atoms with Crippen LogP contribution in [0.25, 0.3) is 5.65 Å². The van der Waals surface area contributed by atoms with Crippen molar-refractivity contribution in [3.63, 3.8) is 0 Å². The SMILES string of the molecule is CC(C)(C)[S@@+]([O-])N[C@@H]1c2ccccc2CC12CCN(c1ncc(Sc3ccnc(N)c3Cl)c3nncn13)CC2. The molecule has 6 rings (SSSR count). The number of nitrogens with two attached hydrogens (primary N) is 1. The van der Waals surface area contributed by atoms with E-state index in [1.54, 1.807) is 12.5 Å². The number of nitrogens with zero attached hydrogens (tertiary/aromatic N) is 6. The molecular formula is C27H31ClN8OS2. The van der Waals surface area contributed by atoms with Gasteiger partial charge in [0.1, 0.15) is 16.9 Å². The zero-order chi connectivity index (χ0) is 27.4. The normalized spacial score (nSPS) is 19.5. The van der Waals surface area contributed by atoms with Gasteiger partial charge in [0.2, 0.25) is 5.95 Å². The molecule has 0 bridgehead atoms. The van der Waals surface area contributed by atoms with E-state index < -0.39 is 11.4 Å². The molecular weight excluding hydrogens is 552 g/mol. The summed E-state index contributed by atoms with van der Waals surface area (Å²) in [6.45, 7) is 7.70. The summed E-state index contributed by atoms with van der Waals surface area (Å²) < 4.78 is 18.3. The van der Waals surface area contributed by atoms with Gasteiger partial charge in [0.15, 0.2) is 5.65 Å². The van der Waals surface area contributed by atoms with Gasteiger partial charge >= 0.3 is 0 Å². The van der Waals surface area contributed by atoms with Crippen LogP contribution in [-0.2, 0) is 17.8 Å². The third-order valence-electron chi connectivity index (χ3n) is 7.73.